The van der Waals surface area contributed by atoms with Gasteiger partial charge in [-0.15, -0.1) is 13.2 Å². The first-order chi connectivity index (χ1) is 19.1. The number of alkyl halides is 3. The molecule has 2 aromatic heterocycles. The van der Waals surface area contributed by atoms with Gasteiger partial charge in [0.1, 0.15) is 28.4 Å². The average Bonchev–Trinajstić information content (AvgIpc) is 3.54. The Labute approximate surface area is 234 Å². The maximum Gasteiger partial charge on any atom is 0.573 e. The normalized spacial score (nSPS) is 20.7. The van der Waals surface area contributed by atoms with Gasteiger partial charge in [0.05, 0.1) is 18.8 Å². The Hall–Kier alpha value is -4.23. The van der Waals surface area contributed by atoms with Crippen LogP contribution in [0.5, 0.6) is 5.75 Å². The molecule has 0 radical (unpaired) electrons. The molecule has 1 spiro atoms. The molecule has 1 aliphatic heterocycles. The second kappa shape index (κ2) is 10.00. The van der Waals surface area contributed by atoms with Gasteiger partial charge >= 0.3 is 12.5 Å². The second-order valence-electron chi connectivity index (χ2n) is 11.7. The van der Waals surface area contributed by atoms with Gasteiger partial charge in [-0.1, -0.05) is 18.2 Å². The zero-order valence-corrected chi connectivity index (χ0v) is 22.9. The Kier molecular flexibility index (Phi) is 6.90. The van der Waals surface area contributed by atoms with E-state index >= 15 is 0 Å². The van der Waals surface area contributed by atoms with E-state index in [1.54, 1.807) is 21.8 Å². The van der Waals surface area contributed by atoms with Gasteiger partial charge in [0.15, 0.2) is 0 Å². The third-order valence-corrected chi connectivity index (χ3v) is 7.40. The third kappa shape index (κ3) is 5.95. The van der Waals surface area contributed by atoms with Crippen LogP contribution in [0.4, 0.5) is 23.8 Å². The first-order valence-electron chi connectivity index (χ1n) is 13.2. The van der Waals surface area contributed by atoms with Gasteiger partial charge < -0.3 is 25.8 Å². The van der Waals surface area contributed by atoms with Crippen molar-refractivity contribution in [3.8, 4) is 17.0 Å². The lowest BCUT2D eigenvalue weighted by Crippen LogP contribution is -2.43. The van der Waals surface area contributed by atoms with Crippen molar-refractivity contribution in [3.63, 3.8) is 0 Å². The lowest BCUT2D eigenvalue weighted by Gasteiger charge is -2.45. The molecule has 4 N–H and O–H groups in total. The van der Waals surface area contributed by atoms with Gasteiger partial charge in [-0.25, -0.2) is 9.48 Å². The number of ether oxygens (including phenoxy) is 2. The fourth-order valence-corrected chi connectivity index (χ4v) is 5.64. The monoisotopic (exact) mass is 575 g/mol. The highest BCUT2D eigenvalue weighted by atomic mass is 19.4. The van der Waals surface area contributed by atoms with Crippen molar-refractivity contribution in [2.24, 2.45) is 11.1 Å². The van der Waals surface area contributed by atoms with Gasteiger partial charge in [0, 0.05) is 30.4 Å². The SMILES string of the molecule is CC(C)(C)OC(=O)N1CCC2(CC(n3nc(-c4cnn(Cc5ccccc5OC(F)(F)F)c4)c(C(N)=O)c3N)C2)C1. The number of benzene rings is 1. The van der Waals surface area contributed by atoms with Crippen LogP contribution in [-0.4, -0.2) is 61.5 Å². The summed E-state index contributed by atoms with van der Waals surface area (Å²) in [6.07, 6.45) is 0.0879. The summed E-state index contributed by atoms with van der Waals surface area (Å²) in [5, 5.41) is 8.87. The standard InChI is InChI=1S/C27H32F3N7O4/c1-25(2,3)41-24(39)35-9-8-26(15-35)10-18(11-26)37-22(31)20(23(32)38)21(34-37)17-12-33-36(14-17)13-16-6-4-5-7-19(16)40-27(28,29)30/h4-7,12,14,18H,8-11,13,15,31H2,1-3H3,(H2,32,38). The lowest BCUT2D eigenvalue weighted by molar-refractivity contribution is -0.274. The number of carbonyl (C=O) groups is 2. The van der Waals surface area contributed by atoms with E-state index in [-0.39, 0.29) is 52.5 Å². The predicted molar refractivity (Wildman–Crippen MR) is 142 cm³/mol. The molecule has 3 aromatic rings. The molecule has 2 amide bonds. The topological polar surface area (TPSA) is 144 Å². The summed E-state index contributed by atoms with van der Waals surface area (Å²) in [4.78, 5) is 26.6. The minimum Gasteiger partial charge on any atom is -0.444 e. The lowest BCUT2D eigenvalue weighted by atomic mass is 9.65. The maximum absolute atomic E-state index is 12.8. The molecule has 220 valence electrons. The largest absolute Gasteiger partial charge is 0.573 e. The van der Waals surface area contributed by atoms with Crippen molar-refractivity contribution >= 4 is 17.8 Å². The third-order valence-electron chi connectivity index (χ3n) is 7.40. The number of primary amides is 1. The van der Waals surface area contributed by atoms with Crippen molar-refractivity contribution in [1.82, 2.24) is 24.5 Å². The zero-order valence-electron chi connectivity index (χ0n) is 22.9. The Balaban J connectivity index is 1.32. The fourth-order valence-electron chi connectivity index (χ4n) is 5.64. The molecule has 3 heterocycles. The molecule has 1 aromatic carbocycles. The maximum atomic E-state index is 12.8. The summed E-state index contributed by atoms with van der Waals surface area (Å²) < 4.78 is 51.1. The molecule has 0 bridgehead atoms. The van der Waals surface area contributed by atoms with E-state index in [0.29, 0.717) is 31.5 Å². The number of nitrogens with zero attached hydrogens (tertiary/aromatic N) is 5. The van der Waals surface area contributed by atoms with E-state index < -0.39 is 17.9 Å². The summed E-state index contributed by atoms with van der Waals surface area (Å²) in [6, 6.07) is 5.67. The number of hydrogen-bond acceptors (Lipinski definition) is 7. The van der Waals surface area contributed by atoms with Crippen molar-refractivity contribution in [1.29, 1.82) is 0 Å². The number of aromatic nitrogens is 4. The number of amides is 2. The Morgan fingerprint density at radius 3 is 2.54 bits per heavy atom. The number of carbonyl (C=O) groups excluding carboxylic acids is 2. The number of halogens is 3. The van der Waals surface area contributed by atoms with Crippen LogP contribution < -0.4 is 16.2 Å². The van der Waals surface area contributed by atoms with Crippen LogP contribution in [-0.2, 0) is 11.3 Å². The van der Waals surface area contributed by atoms with Crippen LogP contribution >= 0.6 is 0 Å². The quantitative estimate of drug-likeness (QED) is 0.445. The summed E-state index contributed by atoms with van der Waals surface area (Å²) >= 11 is 0. The second-order valence-corrected chi connectivity index (χ2v) is 11.7. The van der Waals surface area contributed by atoms with Gasteiger partial charge in [0.25, 0.3) is 5.91 Å². The van der Waals surface area contributed by atoms with Crippen molar-refractivity contribution in [2.75, 3.05) is 18.8 Å². The van der Waals surface area contributed by atoms with E-state index in [2.05, 4.69) is 14.9 Å². The van der Waals surface area contributed by atoms with E-state index in [1.165, 1.54) is 29.1 Å². The molecular weight excluding hydrogens is 543 g/mol. The number of nitrogens with two attached hydrogens (primary N) is 2. The number of para-hydroxylation sites is 1. The van der Waals surface area contributed by atoms with Gasteiger partial charge in [0.2, 0.25) is 0 Å². The van der Waals surface area contributed by atoms with Gasteiger partial charge in [-0.2, -0.15) is 10.2 Å². The van der Waals surface area contributed by atoms with E-state index in [4.69, 9.17) is 16.2 Å². The average molecular weight is 576 g/mol. The van der Waals surface area contributed by atoms with Gasteiger partial charge in [-0.3, -0.25) is 9.48 Å². The molecule has 0 atom stereocenters. The number of rotatable bonds is 6. The highest BCUT2D eigenvalue weighted by molar-refractivity contribution is 6.03. The first kappa shape index (κ1) is 28.3. The van der Waals surface area contributed by atoms with Crippen molar-refractivity contribution in [3.05, 3.63) is 47.8 Å². The molecule has 5 rings (SSSR count). The molecule has 11 nitrogen and oxygen atoms in total. The van der Waals surface area contributed by atoms with Crippen molar-refractivity contribution in [2.45, 2.75) is 64.6 Å². The van der Waals surface area contributed by atoms with Crippen molar-refractivity contribution < 1.29 is 32.2 Å². The molecule has 1 aliphatic carbocycles. The van der Waals surface area contributed by atoms with Crippen LogP contribution in [0.2, 0.25) is 0 Å². The van der Waals surface area contributed by atoms with Crippen LogP contribution in [0.1, 0.15) is 62.0 Å². The molecule has 0 unspecified atom stereocenters. The number of anilines is 1. The summed E-state index contributed by atoms with van der Waals surface area (Å²) in [6.45, 7) is 6.64. The Morgan fingerprint density at radius 2 is 1.88 bits per heavy atom. The minimum atomic E-state index is -4.83. The molecule has 1 saturated carbocycles. The van der Waals surface area contributed by atoms with E-state index in [1.807, 2.05) is 20.8 Å². The highest BCUT2D eigenvalue weighted by Crippen LogP contribution is 2.55. The number of likely N-dealkylation sites (tertiary alicyclic amines) is 1. The van der Waals surface area contributed by atoms with E-state index in [9.17, 15) is 22.8 Å². The molecule has 2 aliphatic rings. The predicted octanol–water partition coefficient (Wildman–Crippen LogP) is 4.34. The highest BCUT2D eigenvalue weighted by Gasteiger charge is 2.51. The smallest absolute Gasteiger partial charge is 0.444 e. The van der Waals surface area contributed by atoms with Crippen LogP contribution in [0.15, 0.2) is 36.7 Å². The summed E-state index contributed by atoms with van der Waals surface area (Å²) in [7, 11) is 0. The minimum absolute atomic E-state index is 0.0202. The molecule has 1 saturated heterocycles. The Morgan fingerprint density at radius 1 is 1.17 bits per heavy atom. The molecule has 41 heavy (non-hydrogen) atoms. The molecular formula is C27H32F3N7O4. The summed E-state index contributed by atoms with van der Waals surface area (Å²) in [5.41, 5.74) is 12.4. The first-order valence-corrected chi connectivity index (χ1v) is 13.2. The van der Waals surface area contributed by atoms with Gasteiger partial charge in [-0.05, 0) is 51.5 Å². The van der Waals surface area contributed by atoms with E-state index in [0.717, 1.165) is 6.42 Å². The summed E-state index contributed by atoms with van der Waals surface area (Å²) in [5.74, 6) is -0.961. The number of hydrogen-bond donors (Lipinski definition) is 2. The Bertz CT molecular complexity index is 1470. The number of nitrogen functional groups attached to an aromatic ring is 1. The molecule has 2 fully saturated rings. The van der Waals surface area contributed by atoms with Crippen LogP contribution in [0.3, 0.4) is 0 Å². The van der Waals surface area contributed by atoms with Crippen LogP contribution in [0, 0.1) is 5.41 Å². The fraction of sp³-hybridized carbons (Fsp3) is 0.481. The molecule has 14 heteroatoms. The zero-order chi connectivity index (χ0) is 29.7. The van der Waals surface area contributed by atoms with Crippen LogP contribution in [0.25, 0.3) is 11.3 Å².